The van der Waals surface area contributed by atoms with Gasteiger partial charge in [-0.05, 0) is 30.8 Å². The molecule has 2 atom stereocenters. The van der Waals surface area contributed by atoms with Crippen LogP contribution in [-0.4, -0.2) is 35.5 Å². The molecule has 0 saturated carbocycles. The van der Waals surface area contributed by atoms with E-state index >= 15 is 0 Å². The number of hydrogen-bond acceptors (Lipinski definition) is 1. The summed E-state index contributed by atoms with van der Waals surface area (Å²) in [6, 6.07) is 8.34. The molecule has 0 spiro atoms. The molecule has 1 aromatic carbocycles. The fourth-order valence-electron chi connectivity index (χ4n) is 2.46. The van der Waals surface area contributed by atoms with Gasteiger partial charge in [0.2, 0.25) is 0 Å². The zero-order valence-electron chi connectivity index (χ0n) is 11.8. The quantitative estimate of drug-likeness (QED) is 0.591. The third kappa shape index (κ3) is 4.73. The van der Waals surface area contributed by atoms with Crippen molar-refractivity contribution < 1.29 is 26.3 Å². The molecule has 2 rings (SSSR count). The largest absolute Gasteiger partial charge is 0.393 e. The van der Waals surface area contributed by atoms with Gasteiger partial charge in [-0.2, -0.15) is 26.3 Å². The van der Waals surface area contributed by atoms with E-state index in [1.165, 1.54) is 0 Å². The lowest BCUT2D eigenvalue weighted by Gasteiger charge is -2.40. The van der Waals surface area contributed by atoms with E-state index in [4.69, 9.17) is 12.2 Å². The summed E-state index contributed by atoms with van der Waals surface area (Å²) in [5, 5.41) is 2.54. The standard InChI is InChI=1S/C14H14F6N2S/c15-13(16,17)9-6-10(14(18,19)20)8-22(7-9)12(23)21-11-4-2-1-3-5-11/h1-5,9-10H,6-8H2,(H,21,23). The molecule has 1 aliphatic heterocycles. The number of rotatable bonds is 1. The van der Waals surface area contributed by atoms with Crippen LogP contribution in [0.3, 0.4) is 0 Å². The second kappa shape index (κ2) is 6.54. The molecule has 0 aliphatic carbocycles. The molecule has 1 fully saturated rings. The van der Waals surface area contributed by atoms with Gasteiger partial charge in [-0.3, -0.25) is 0 Å². The van der Waals surface area contributed by atoms with E-state index in [0.29, 0.717) is 5.69 Å². The lowest BCUT2D eigenvalue weighted by Crippen LogP contribution is -2.52. The molecule has 1 aromatic rings. The van der Waals surface area contributed by atoms with Crippen LogP contribution < -0.4 is 5.32 Å². The van der Waals surface area contributed by atoms with Gasteiger partial charge in [0, 0.05) is 18.8 Å². The van der Waals surface area contributed by atoms with Crippen LogP contribution in [0.5, 0.6) is 0 Å². The molecule has 128 valence electrons. The second-order valence-electron chi connectivity index (χ2n) is 5.41. The molecule has 0 radical (unpaired) electrons. The predicted octanol–water partition coefficient (Wildman–Crippen LogP) is 4.45. The number of benzene rings is 1. The zero-order chi connectivity index (χ0) is 17.3. The Labute approximate surface area is 134 Å². The summed E-state index contributed by atoms with van der Waals surface area (Å²) in [4.78, 5) is 0.947. The first kappa shape index (κ1) is 17.8. The highest BCUT2D eigenvalue weighted by Gasteiger charge is 2.51. The maximum absolute atomic E-state index is 12.9. The number of hydrogen-bond donors (Lipinski definition) is 1. The van der Waals surface area contributed by atoms with Crippen LogP contribution in [0.1, 0.15) is 6.42 Å². The van der Waals surface area contributed by atoms with Crippen LogP contribution in [0.25, 0.3) is 0 Å². The zero-order valence-corrected chi connectivity index (χ0v) is 12.6. The van der Waals surface area contributed by atoms with Gasteiger partial charge in [0.05, 0.1) is 11.8 Å². The van der Waals surface area contributed by atoms with Crippen LogP contribution in [0, 0.1) is 11.8 Å². The Morgan fingerprint density at radius 1 is 0.957 bits per heavy atom. The van der Waals surface area contributed by atoms with Gasteiger partial charge >= 0.3 is 12.4 Å². The average Bonchev–Trinajstić information content (AvgIpc) is 2.46. The molecule has 1 aliphatic rings. The lowest BCUT2D eigenvalue weighted by atomic mass is 9.88. The lowest BCUT2D eigenvalue weighted by molar-refractivity contribution is -0.225. The Morgan fingerprint density at radius 2 is 1.43 bits per heavy atom. The average molecular weight is 356 g/mol. The summed E-state index contributed by atoms with van der Waals surface area (Å²) in [6.45, 7) is -1.15. The molecule has 2 unspecified atom stereocenters. The molecule has 2 nitrogen and oxygen atoms in total. The summed E-state index contributed by atoms with van der Waals surface area (Å²) in [5.41, 5.74) is 0.509. The van der Waals surface area contributed by atoms with Crippen LogP contribution in [0.2, 0.25) is 0 Å². The highest BCUT2D eigenvalue weighted by molar-refractivity contribution is 7.80. The van der Waals surface area contributed by atoms with E-state index in [1.54, 1.807) is 30.3 Å². The Bertz CT molecular complexity index is 520. The number of piperidine rings is 1. The van der Waals surface area contributed by atoms with Gasteiger partial charge in [0.1, 0.15) is 0 Å². The van der Waals surface area contributed by atoms with Gasteiger partial charge in [-0.25, -0.2) is 0 Å². The summed E-state index contributed by atoms with van der Waals surface area (Å²) < 4.78 is 77.5. The van der Waals surface area contributed by atoms with E-state index in [2.05, 4.69) is 5.32 Å². The SMILES string of the molecule is FC(F)(F)C1CC(C(F)(F)F)CN(C(=S)Nc2ccccc2)C1. The molecular weight excluding hydrogens is 342 g/mol. The van der Waals surface area contributed by atoms with Gasteiger partial charge < -0.3 is 10.2 Å². The molecular formula is C14H14F6N2S. The molecule has 1 N–H and O–H groups in total. The Hall–Kier alpha value is -1.51. The van der Waals surface area contributed by atoms with Crippen molar-refractivity contribution in [2.75, 3.05) is 18.4 Å². The van der Waals surface area contributed by atoms with E-state index in [1.807, 2.05) is 0 Å². The van der Waals surface area contributed by atoms with E-state index in [-0.39, 0.29) is 5.11 Å². The van der Waals surface area contributed by atoms with Gasteiger partial charge in [-0.15, -0.1) is 0 Å². The van der Waals surface area contributed by atoms with Crippen molar-refractivity contribution in [2.24, 2.45) is 11.8 Å². The molecule has 0 aromatic heterocycles. The minimum atomic E-state index is -4.69. The van der Waals surface area contributed by atoms with Gasteiger partial charge in [0.25, 0.3) is 0 Å². The first-order valence-electron chi connectivity index (χ1n) is 6.82. The van der Waals surface area contributed by atoms with Crippen molar-refractivity contribution in [1.29, 1.82) is 0 Å². The Morgan fingerprint density at radius 3 is 1.87 bits per heavy atom. The first-order valence-corrected chi connectivity index (χ1v) is 7.22. The summed E-state index contributed by atoms with van der Waals surface area (Å²) in [5.74, 6) is -4.11. The fourth-order valence-corrected chi connectivity index (χ4v) is 2.73. The minimum Gasteiger partial charge on any atom is -0.348 e. The normalized spacial score (nSPS) is 22.8. The summed E-state index contributed by atoms with van der Waals surface area (Å²) in [7, 11) is 0. The Kier molecular flexibility index (Phi) is 5.07. The van der Waals surface area contributed by atoms with Crippen molar-refractivity contribution in [3.63, 3.8) is 0 Å². The number of nitrogens with zero attached hydrogens (tertiary/aromatic N) is 1. The summed E-state index contributed by atoms with van der Waals surface area (Å²) in [6.07, 6.45) is -10.3. The van der Waals surface area contributed by atoms with Gasteiger partial charge in [-0.1, -0.05) is 18.2 Å². The Balaban J connectivity index is 2.14. The molecule has 0 amide bonds. The van der Waals surface area contributed by atoms with Crippen LogP contribution in [-0.2, 0) is 0 Å². The third-order valence-electron chi connectivity index (χ3n) is 3.69. The number of halogens is 6. The van der Waals surface area contributed by atoms with Crippen LogP contribution in [0.4, 0.5) is 32.0 Å². The molecule has 23 heavy (non-hydrogen) atoms. The third-order valence-corrected chi connectivity index (χ3v) is 4.05. The molecule has 9 heteroatoms. The van der Waals surface area contributed by atoms with Crippen molar-refractivity contribution in [2.45, 2.75) is 18.8 Å². The smallest absolute Gasteiger partial charge is 0.348 e. The van der Waals surface area contributed by atoms with E-state index < -0.39 is 43.7 Å². The molecule has 1 saturated heterocycles. The van der Waals surface area contributed by atoms with Crippen LogP contribution >= 0.6 is 12.2 Å². The molecule has 1 heterocycles. The van der Waals surface area contributed by atoms with Crippen molar-refractivity contribution in [1.82, 2.24) is 4.90 Å². The van der Waals surface area contributed by atoms with Crippen molar-refractivity contribution >= 4 is 23.0 Å². The number of likely N-dealkylation sites (tertiary alicyclic amines) is 1. The van der Waals surface area contributed by atoms with Gasteiger partial charge in [0.15, 0.2) is 5.11 Å². The second-order valence-corrected chi connectivity index (χ2v) is 5.80. The van der Waals surface area contributed by atoms with Crippen molar-refractivity contribution in [3.05, 3.63) is 30.3 Å². The predicted molar refractivity (Wildman–Crippen MR) is 77.9 cm³/mol. The van der Waals surface area contributed by atoms with E-state index in [9.17, 15) is 26.3 Å². The monoisotopic (exact) mass is 356 g/mol. The highest BCUT2D eigenvalue weighted by Crippen LogP contribution is 2.41. The van der Waals surface area contributed by atoms with Crippen LogP contribution in [0.15, 0.2) is 30.3 Å². The first-order chi connectivity index (χ1) is 10.6. The summed E-state index contributed by atoms with van der Waals surface area (Å²) >= 11 is 4.99. The topological polar surface area (TPSA) is 15.3 Å². The number of alkyl halides is 6. The number of para-hydroxylation sites is 1. The minimum absolute atomic E-state index is 0.139. The highest BCUT2D eigenvalue weighted by atomic mass is 32.1. The molecule has 0 bridgehead atoms. The number of anilines is 1. The number of nitrogens with one attached hydrogen (secondary N) is 1. The number of thiocarbonyl (C=S) groups is 1. The maximum atomic E-state index is 12.9. The fraction of sp³-hybridized carbons (Fsp3) is 0.500. The maximum Gasteiger partial charge on any atom is 0.393 e. The van der Waals surface area contributed by atoms with E-state index in [0.717, 1.165) is 4.90 Å². The van der Waals surface area contributed by atoms with Crippen molar-refractivity contribution in [3.8, 4) is 0 Å².